The molecule has 1 fully saturated rings. The summed E-state index contributed by atoms with van der Waals surface area (Å²) in [7, 11) is 0. The number of rotatable bonds is 4. The highest BCUT2D eigenvalue weighted by molar-refractivity contribution is 5.96. The molecule has 0 saturated heterocycles. The first kappa shape index (κ1) is 18.8. The molecule has 0 unspecified atom stereocenters. The second-order valence-electron chi connectivity index (χ2n) is 7.95. The lowest BCUT2D eigenvalue weighted by Gasteiger charge is -2.42. The highest BCUT2D eigenvalue weighted by Crippen LogP contribution is 2.45. The van der Waals surface area contributed by atoms with E-state index in [1.54, 1.807) is 29.6 Å². The fourth-order valence-corrected chi connectivity index (χ4v) is 4.23. The van der Waals surface area contributed by atoms with Crippen molar-refractivity contribution in [2.75, 3.05) is 0 Å². The Hall–Kier alpha value is -4.17. The SMILES string of the molecule is Cc1cncc(-c2cc(-c3cnn([C@]4(CC#N)C[C@H](C#N)C4)n3)c3cccnc3c2)n1. The van der Waals surface area contributed by atoms with E-state index < -0.39 is 5.54 Å². The summed E-state index contributed by atoms with van der Waals surface area (Å²) in [6, 6.07) is 12.4. The van der Waals surface area contributed by atoms with Crippen LogP contribution in [0.25, 0.3) is 33.4 Å². The third-order valence-electron chi connectivity index (χ3n) is 5.81. The van der Waals surface area contributed by atoms with Crippen LogP contribution in [0.4, 0.5) is 0 Å². The molecule has 3 aromatic heterocycles. The maximum absolute atomic E-state index is 9.31. The van der Waals surface area contributed by atoms with Crippen LogP contribution < -0.4 is 0 Å². The second kappa shape index (κ2) is 7.26. The summed E-state index contributed by atoms with van der Waals surface area (Å²) in [6.45, 7) is 1.91. The molecule has 5 rings (SSSR count). The van der Waals surface area contributed by atoms with E-state index >= 15 is 0 Å². The topological polar surface area (TPSA) is 117 Å². The van der Waals surface area contributed by atoms with Crippen molar-refractivity contribution in [1.82, 2.24) is 29.9 Å². The number of aromatic nitrogens is 6. The van der Waals surface area contributed by atoms with Crippen molar-refractivity contribution in [3.05, 3.63) is 54.7 Å². The van der Waals surface area contributed by atoms with Crippen LogP contribution in [0.1, 0.15) is 25.0 Å². The van der Waals surface area contributed by atoms with Crippen LogP contribution in [0.3, 0.4) is 0 Å². The molecule has 4 aromatic rings. The van der Waals surface area contributed by atoms with Gasteiger partial charge in [0.05, 0.1) is 59.3 Å². The molecule has 8 heteroatoms. The van der Waals surface area contributed by atoms with Crippen molar-refractivity contribution in [2.45, 2.75) is 31.7 Å². The van der Waals surface area contributed by atoms with Crippen LogP contribution in [0.2, 0.25) is 0 Å². The van der Waals surface area contributed by atoms with Crippen molar-refractivity contribution in [2.24, 2.45) is 5.92 Å². The molecule has 8 nitrogen and oxygen atoms in total. The molecule has 0 amide bonds. The number of nitrogens with zero attached hydrogens (tertiary/aromatic N) is 8. The molecule has 0 bridgehead atoms. The second-order valence-corrected chi connectivity index (χ2v) is 7.95. The minimum atomic E-state index is -0.513. The van der Waals surface area contributed by atoms with E-state index in [-0.39, 0.29) is 12.3 Å². The Balaban J connectivity index is 1.63. The van der Waals surface area contributed by atoms with E-state index in [9.17, 15) is 10.5 Å². The van der Waals surface area contributed by atoms with Gasteiger partial charge in [0.2, 0.25) is 0 Å². The van der Waals surface area contributed by atoms with Gasteiger partial charge in [0.25, 0.3) is 0 Å². The van der Waals surface area contributed by atoms with Gasteiger partial charge in [0, 0.05) is 28.9 Å². The fourth-order valence-electron chi connectivity index (χ4n) is 4.23. The Morgan fingerprint density at radius 2 is 2.03 bits per heavy atom. The molecule has 150 valence electrons. The summed E-state index contributed by atoms with van der Waals surface area (Å²) in [4.78, 5) is 15.0. The van der Waals surface area contributed by atoms with E-state index in [0.717, 1.165) is 33.4 Å². The van der Waals surface area contributed by atoms with Gasteiger partial charge in [-0.15, -0.1) is 0 Å². The Bertz CT molecular complexity index is 1370. The molecule has 1 aliphatic carbocycles. The van der Waals surface area contributed by atoms with Crippen molar-refractivity contribution >= 4 is 10.9 Å². The van der Waals surface area contributed by atoms with Gasteiger partial charge in [-0.2, -0.15) is 25.5 Å². The zero-order valence-corrected chi connectivity index (χ0v) is 16.9. The van der Waals surface area contributed by atoms with Crippen LogP contribution in [0, 0.1) is 35.5 Å². The molecule has 3 heterocycles. The molecule has 1 aliphatic rings. The minimum Gasteiger partial charge on any atom is -0.261 e. The smallest absolute Gasteiger partial charge is 0.113 e. The van der Waals surface area contributed by atoms with E-state index in [1.807, 2.05) is 31.2 Å². The number of pyridine rings is 1. The van der Waals surface area contributed by atoms with Crippen molar-refractivity contribution in [1.29, 1.82) is 10.5 Å². The van der Waals surface area contributed by atoms with Crippen LogP contribution in [-0.2, 0) is 5.54 Å². The van der Waals surface area contributed by atoms with Crippen molar-refractivity contribution < 1.29 is 0 Å². The third-order valence-corrected chi connectivity index (χ3v) is 5.81. The predicted octanol–water partition coefficient (Wildman–Crippen LogP) is 3.80. The van der Waals surface area contributed by atoms with Crippen LogP contribution >= 0.6 is 0 Å². The first-order valence-electron chi connectivity index (χ1n) is 9.99. The Labute approximate surface area is 178 Å². The third kappa shape index (κ3) is 3.19. The normalized spacial score (nSPS) is 20.0. The molecule has 31 heavy (non-hydrogen) atoms. The lowest BCUT2D eigenvalue weighted by atomic mass is 9.68. The number of fused-ring (bicyclic) bond motifs is 1. The van der Waals surface area contributed by atoms with E-state index in [4.69, 9.17) is 5.10 Å². The van der Waals surface area contributed by atoms with E-state index in [1.165, 1.54) is 0 Å². The molecule has 0 radical (unpaired) electrons. The highest BCUT2D eigenvalue weighted by Gasteiger charge is 2.48. The number of hydrogen-bond donors (Lipinski definition) is 0. The van der Waals surface area contributed by atoms with Gasteiger partial charge in [0.1, 0.15) is 5.69 Å². The van der Waals surface area contributed by atoms with Gasteiger partial charge in [-0.25, -0.2) is 4.98 Å². The molecule has 0 atom stereocenters. The van der Waals surface area contributed by atoms with E-state index in [2.05, 4.69) is 32.2 Å². The van der Waals surface area contributed by atoms with Crippen LogP contribution in [-0.4, -0.2) is 29.9 Å². The number of aryl methyl sites for hydroxylation is 1. The van der Waals surface area contributed by atoms with E-state index in [0.29, 0.717) is 18.5 Å². The Morgan fingerprint density at radius 1 is 1.16 bits per heavy atom. The van der Waals surface area contributed by atoms with Gasteiger partial charge in [-0.05, 0) is 38.0 Å². The van der Waals surface area contributed by atoms with Crippen LogP contribution in [0.5, 0.6) is 0 Å². The number of benzene rings is 1. The van der Waals surface area contributed by atoms with Crippen molar-refractivity contribution in [3.63, 3.8) is 0 Å². The predicted molar refractivity (Wildman–Crippen MR) is 113 cm³/mol. The average Bonchev–Trinajstić information content (AvgIpc) is 3.25. The van der Waals surface area contributed by atoms with Crippen molar-refractivity contribution in [3.8, 4) is 34.7 Å². The van der Waals surface area contributed by atoms with Gasteiger partial charge >= 0.3 is 0 Å². The van der Waals surface area contributed by atoms with Crippen LogP contribution in [0.15, 0.2) is 49.1 Å². The average molecular weight is 406 g/mol. The lowest BCUT2D eigenvalue weighted by molar-refractivity contribution is 0.0713. The zero-order valence-electron chi connectivity index (χ0n) is 16.9. The molecule has 1 saturated carbocycles. The summed E-state index contributed by atoms with van der Waals surface area (Å²) < 4.78 is 0. The zero-order chi connectivity index (χ0) is 21.4. The maximum Gasteiger partial charge on any atom is 0.113 e. The summed E-state index contributed by atoms with van der Waals surface area (Å²) >= 11 is 0. The molecular formula is C23H18N8. The number of nitriles is 2. The highest BCUT2D eigenvalue weighted by atomic mass is 15.5. The first-order chi connectivity index (χ1) is 15.1. The molecule has 1 aromatic carbocycles. The summed E-state index contributed by atoms with van der Waals surface area (Å²) in [5.41, 5.74) is 4.39. The largest absolute Gasteiger partial charge is 0.261 e. The summed E-state index contributed by atoms with van der Waals surface area (Å²) in [5.74, 6) is -0.0592. The molecule has 0 spiro atoms. The van der Waals surface area contributed by atoms with Gasteiger partial charge < -0.3 is 0 Å². The molecule has 0 N–H and O–H groups in total. The fraction of sp³-hybridized carbons (Fsp3) is 0.261. The Kier molecular flexibility index (Phi) is 4.41. The maximum atomic E-state index is 9.31. The number of hydrogen-bond acceptors (Lipinski definition) is 7. The summed E-state index contributed by atoms with van der Waals surface area (Å²) in [5, 5.41) is 28.7. The molecule has 0 aliphatic heterocycles. The van der Waals surface area contributed by atoms with Gasteiger partial charge in [0.15, 0.2) is 0 Å². The first-order valence-corrected chi connectivity index (χ1v) is 9.99. The summed E-state index contributed by atoms with van der Waals surface area (Å²) in [6.07, 6.45) is 8.38. The lowest BCUT2D eigenvalue weighted by Crippen LogP contribution is -2.47. The van der Waals surface area contributed by atoms with Gasteiger partial charge in [-0.3, -0.25) is 9.97 Å². The monoisotopic (exact) mass is 406 g/mol. The van der Waals surface area contributed by atoms with Gasteiger partial charge in [-0.1, -0.05) is 6.07 Å². The molecular weight excluding hydrogens is 388 g/mol. The minimum absolute atomic E-state index is 0.0592. The Morgan fingerprint density at radius 3 is 2.81 bits per heavy atom. The standard InChI is InChI=1S/C23H18N8/c1-15-12-26-13-21(29-15)17-7-19(18-3-2-6-27-20(18)8-17)22-14-28-31(30-22)23(4-5-24)9-16(10-23)11-25/h2-3,6-8,12-14,16H,4,9-10H2,1H3/t16-,23+. The quantitative estimate of drug-likeness (QED) is 0.506.